The molecule has 0 atom stereocenters. The van der Waals surface area contributed by atoms with Crippen LogP contribution in [0.1, 0.15) is 36.5 Å². The molecule has 3 nitrogen and oxygen atoms in total. The number of benzene rings is 1. The lowest BCUT2D eigenvalue weighted by Crippen LogP contribution is -2.13. The van der Waals surface area contributed by atoms with Crippen LogP contribution in [0.3, 0.4) is 0 Å². The summed E-state index contributed by atoms with van der Waals surface area (Å²) in [6.45, 7) is 3.42. The molecule has 1 aromatic carbocycles. The Morgan fingerprint density at radius 3 is 2.94 bits per heavy atom. The lowest BCUT2D eigenvalue weighted by atomic mass is 9.89. The molecule has 1 aliphatic rings. The fourth-order valence-corrected chi connectivity index (χ4v) is 1.97. The molecular formula is C13H15NO2. The predicted molar refractivity (Wildman–Crippen MR) is 62.4 cm³/mol. The quantitative estimate of drug-likeness (QED) is 0.535. The number of carbonyl (C=O) groups is 1. The molecule has 0 heterocycles. The van der Waals surface area contributed by atoms with Crippen LogP contribution in [0.2, 0.25) is 0 Å². The Morgan fingerprint density at radius 2 is 2.19 bits per heavy atom. The summed E-state index contributed by atoms with van der Waals surface area (Å²) < 4.78 is 0. The summed E-state index contributed by atoms with van der Waals surface area (Å²) in [7, 11) is 0. The third-order valence-electron chi connectivity index (χ3n) is 2.72. The minimum atomic E-state index is -0.368. The first-order valence-corrected chi connectivity index (χ1v) is 5.51. The molecule has 0 saturated carbocycles. The molecule has 0 spiro atoms. The molecule has 84 valence electrons. The summed E-state index contributed by atoms with van der Waals surface area (Å²) >= 11 is 0. The van der Waals surface area contributed by atoms with Gasteiger partial charge in [-0.2, -0.15) is 0 Å². The monoisotopic (exact) mass is 217 g/mol. The maximum absolute atomic E-state index is 10.7. The summed E-state index contributed by atoms with van der Waals surface area (Å²) in [5.41, 5.74) is 4.52. The third kappa shape index (κ3) is 2.30. The number of hydrogen-bond donors (Lipinski definition) is 0. The van der Waals surface area contributed by atoms with E-state index < -0.39 is 0 Å². The van der Waals surface area contributed by atoms with Crippen LogP contribution in [0.4, 0.5) is 0 Å². The molecule has 3 heteroatoms. The second-order valence-electron chi connectivity index (χ2n) is 4.14. The van der Waals surface area contributed by atoms with Crippen LogP contribution >= 0.6 is 0 Å². The standard InChI is InChI=1S/C13H15NO2/c1-9-6-7-11-4-3-5-13(12(11)8-9)14-16-10(2)15/h6-8H,3-5H2,1-2H3/b14-13-. The zero-order valence-corrected chi connectivity index (χ0v) is 9.62. The summed E-state index contributed by atoms with van der Waals surface area (Å²) in [6, 6.07) is 6.34. The Balaban J connectivity index is 2.35. The second kappa shape index (κ2) is 4.47. The van der Waals surface area contributed by atoms with Gasteiger partial charge in [-0.1, -0.05) is 22.9 Å². The van der Waals surface area contributed by atoms with Crippen LogP contribution in [0.25, 0.3) is 0 Å². The Morgan fingerprint density at radius 1 is 1.38 bits per heavy atom. The molecule has 1 aromatic rings. The van der Waals surface area contributed by atoms with Crippen molar-refractivity contribution in [2.24, 2.45) is 5.16 Å². The Kier molecular flexibility index (Phi) is 3.04. The average Bonchev–Trinajstić information content (AvgIpc) is 2.26. The van der Waals surface area contributed by atoms with Crippen molar-refractivity contribution in [3.8, 4) is 0 Å². The first-order valence-electron chi connectivity index (χ1n) is 5.51. The number of aryl methyl sites for hydroxylation is 2. The van der Waals surface area contributed by atoms with Crippen molar-refractivity contribution >= 4 is 11.7 Å². The fourth-order valence-electron chi connectivity index (χ4n) is 1.97. The maximum Gasteiger partial charge on any atom is 0.331 e. The molecule has 0 radical (unpaired) electrons. The van der Waals surface area contributed by atoms with Crippen molar-refractivity contribution in [3.05, 3.63) is 34.9 Å². The summed E-state index contributed by atoms with van der Waals surface area (Å²) in [6.07, 6.45) is 3.02. The van der Waals surface area contributed by atoms with E-state index >= 15 is 0 Å². The Labute approximate surface area is 95.1 Å². The molecule has 16 heavy (non-hydrogen) atoms. The lowest BCUT2D eigenvalue weighted by Gasteiger charge is -2.17. The van der Waals surface area contributed by atoms with Crippen molar-refractivity contribution < 1.29 is 9.63 Å². The fraction of sp³-hybridized carbons (Fsp3) is 0.385. The molecule has 0 fully saturated rings. The van der Waals surface area contributed by atoms with Crippen LogP contribution in [-0.2, 0) is 16.1 Å². The first-order chi connectivity index (χ1) is 7.66. The highest BCUT2D eigenvalue weighted by molar-refractivity contribution is 6.02. The molecule has 0 aromatic heterocycles. The Bertz CT molecular complexity index is 449. The van der Waals surface area contributed by atoms with Crippen molar-refractivity contribution in [1.29, 1.82) is 0 Å². The van der Waals surface area contributed by atoms with E-state index in [0.29, 0.717) is 0 Å². The topological polar surface area (TPSA) is 38.7 Å². The molecular weight excluding hydrogens is 202 g/mol. The summed E-state index contributed by atoms with van der Waals surface area (Å²) in [4.78, 5) is 15.5. The van der Waals surface area contributed by atoms with Crippen LogP contribution < -0.4 is 0 Å². The van der Waals surface area contributed by atoms with Crippen LogP contribution in [0.15, 0.2) is 23.4 Å². The third-order valence-corrected chi connectivity index (χ3v) is 2.72. The van der Waals surface area contributed by atoms with Gasteiger partial charge in [0.2, 0.25) is 0 Å². The summed E-state index contributed by atoms with van der Waals surface area (Å²) in [5.74, 6) is -0.368. The largest absolute Gasteiger partial charge is 0.331 e. The highest BCUT2D eigenvalue weighted by Crippen LogP contribution is 2.23. The first kappa shape index (κ1) is 10.9. The zero-order valence-electron chi connectivity index (χ0n) is 9.62. The van der Waals surface area contributed by atoms with E-state index in [2.05, 4.69) is 30.3 Å². The van der Waals surface area contributed by atoms with Gasteiger partial charge >= 0.3 is 5.97 Å². The predicted octanol–water partition coefficient (Wildman–Crippen LogP) is 2.60. The van der Waals surface area contributed by atoms with Crippen molar-refractivity contribution in [3.63, 3.8) is 0 Å². The van der Waals surface area contributed by atoms with Crippen molar-refractivity contribution in [2.45, 2.75) is 33.1 Å². The smallest absolute Gasteiger partial charge is 0.318 e. The Hall–Kier alpha value is -1.64. The summed E-state index contributed by atoms with van der Waals surface area (Å²) in [5, 5.41) is 3.93. The van der Waals surface area contributed by atoms with E-state index in [1.165, 1.54) is 18.1 Å². The van der Waals surface area contributed by atoms with E-state index in [0.717, 1.165) is 30.5 Å². The minimum absolute atomic E-state index is 0.368. The number of fused-ring (bicyclic) bond motifs is 1. The number of rotatable bonds is 1. The molecule has 0 bridgehead atoms. The van der Waals surface area contributed by atoms with Gasteiger partial charge in [-0.25, -0.2) is 4.79 Å². The van der Waals surface area contributed by atoms with Gasteiger partial charge in [-0.05, 0) is 37.8 Å². The van der Waals surface area contributed by atoms with E-state index in [-0.39, 0.29) is 5.97 Å². The molecule has 0 aliphatic heterocycles. The van der Waals surface area contributed by atoms with Gasteiger partial charge in [0, 0.05) is 12.5 Å². The van der Waals surface area contributed by atoms with E-state index in [1.807, 2.05) is 0 Å². The normalized spacial score (nSPS) is 17.0. The van der Waals surface area contributed by atoms with Gasteiger partial charge in [-0.3, -0.25) is 0 Å². The number of nitrogens with zero attached hydrogens (tertiary/aromatic N) is 1. The average molecular weight is 217 g/mol. The molecule has 2 rings (SSSR count). The van der Waals surface area contributed by atoms with Crippen LogP contribution in [0.5, 0.6) is 0 Å². The maximum atomic E-state index is 10.7. The zero-order chi connectivity index (χ0) is 11.5. The van der Waals surface area contributed by atoms with Gasteiger partial charge in [0.25, 0.3) is 0 Å². The number of carbonyl (C=O) groups excluding carboxylic acids is 1. The highest BCUT2D eigenvalue weighted by Gasteiger charge is 2.16. The highest BCUT2D eigenvalue weighted by atomic mass is 16.7. The van der Waals surface area contributed by atoms with Gasteiger partial charge in [0.1, 0.15) is 0 Å². The van der Waals surface area contributed by atoms with Gasteiger partial charge in [0.05, 0.1) is 5.71 Å². The van der Waals surface area contributed by atoms with E-state index in [9.17, 15) is 4.79 Å². The van der Waals surface area contributed by atoms with E-state index in [1.54, 1.807) is 0 Å². The van der Waals surface area contributed by atoms with Crippen LogP contribution in [-0.4, -0.2) is 11.7 Å². The van der Waals surface area contributed by atoms with Gasteiger partial charge in [0.15, 0.2) is 0 Å². The lowest BCUT2D eigenvalue weighted by molar-refractivity contribution is -0.140. The van der Waals surface area contributed by atoms with Gasteiger partial charge < -0.3 is 4.84 Å². The van der Waals surface area contributed by atoms with Gasteiger partial charge in [-0.15, -0.1) is 0 Å². The molecule has 0 unspecified atom stereocenters. The van der Waals surface area contributed by atoms with Crippen molar-refractivity contribution in [1.82, 2.24) is 0 Å². The molecule has 0 N–H and O–H groups in total. The van der Waals surface area contributed by atoms with Crippen LogP contribution in [0, 0.1) is 6.92 Å². The SMILES string of the molecule is CC(=O)O/N=C1/CCCc2ccc(C)cc21. The molecule has 0 amide bonds. The minimum Gasteiger partial charge on any atom is -0.318 e. The second-order valence-corrected chi connectivity index (χ2v) is 4.14. The van der Waals surface area contributed by atoms with E-state index in [4.69, 9.17) is 4.84 Å². The number of oxime groups is 1. The number of hydrogen-bond acceptors (Lipinski definition) is 3. The van der Waals surface area contributed by atoms with Crippen molar-refractivity contribution in [2.75, 3.05) is 0 Å². The molecule has 0 saturated heterocycles. The molecule has 1 aliphatic carbocycles.